The Morgan fingerprint density at radius 3 is 2.65 bits per heavy atom. The number of urea groups is 1. The molecule has 3 amide bonds. The molecule has 0 atom stereocenters. The molecular weight excluding hydrogens is 343 g/mol. The number of rotatable bonds is 4. The van der Waals surface area contributed by atoms with Gasteiger partial charge in [-0.15, -0.1) is 5.10 Å². The molecule has 0 spiro atoms. The summed E-state index contributed by atoms with van der Waals surface area (Å²) in [6, 6.07) is 4.40. The highest BCUT2D eigenvalue weighted by molar-refractivity contribution is 6.36. The maximum Gasteiger partial charge on any atom is 0.322 e. The van der Waals surface area contributed by atoms with Gasteiger partial charge in [0.15, 0.2) is 5.82 Å². The van der Waals surface area contributed by atoms with Crippen molar-refractivity contribution in [1.29, 1.82) is 0 Å². The first-order valence-electron chi connectivity index (χ1n) is 6.48. The summed E-state index contributed by atoms with van der Waals surface area (Å²) in [5.41, 5.74) is 0.439. The fraction of sp³-hybridized carbons (Fsp3) is 0.231. The molecule has 1 heterocycles. The van der Waals surface area contributed by atoms with Gasteiger partial charge in [-0.1, -0.05) is 23.2 Å². The zero-order valence-electron chi connectivity index (χ0n) is 12.4. The fourth-order valence-corrected chi connectivity index (χ4v) is 2.02. The number of nitrogens with zero attached hydrogens (tertiary/aromatic N) is 4. The van der Waals surface area contributed by atoms with E-state index in [4.69, 9.17) is 23.2 Å². The maximum absolute atomic E-state index is 12.0. The van der Waals surface area contributed by atoms with E-state index in [1.807, 2.05) is 0 Å². The minimum Gasteiger partial charge on any atom is -0.331 e. The molecule has 0 saturated heterocycles. The lowest BCUT2D eigenvalue weighted by molar-refractivity contribution is -0.117. The third-order valence-electron chi connectivity index (χ3n) is 2.67. The van der Waals surface area contributed by atoms with Crippen LogP contribution in [0, 0.1) is 0 Å². The van der Waals surface area contributed by atoms with Gasteiger partial charge in [0.2, 0.25) is 5.91 Å². The van der Waals surface area contributed by atoms with E-state index in [1.165, 1.54) is 17.2 Å². The fourth-order valence-electron chi connectivity index (χ4n) is 1.56. The smallest absolute Gasteiger partial charge is 0.322 e. The number of carbonyl (C=O) groups excluding carboxylic acids is 2. The first-order valence-corrected chi connectivity index (χ1v) is 7.24. The molecular formula is C13H14Cl2N6O2. The molecule has 0 aliphatic carbocycles. The van der Waals surface area contributed by atoms with Gasteiger partial charge in [0, 0.05) is 19.1 Å². The van der Waals surface area contributed by atoms with E-state index in [1.54, 1.807) is 26.2 Å². The summed E-state index contributed by atoms with van der Waals surface area (Å²) in [7, 11) is 3.20. The summed E-state index contributed by atoms with van der Waals surface area (Å²) < 4.78 is 0. The van der Waals surface area contributed by atoms with E-state index in [9.17, 15) is 9.59 Å². The Morgan fingerprint density at radius 1 is 1.26 bits per heavy atom. The van der Waals surface area contributed by atoms with Crippen LogP contribution in [0.25, 0.3) is 0 Å². The molecule has 1 aromatic carbocycles. The number of hydrogen-bond donors (Lipinski definition) is 2. The normalized spacial score (nSPS) is 10.3. The van der Waals surface area contributed by atoms with Gasteiger partial charge in [-0.2, -0.15) is 9.90 Å². The summed E-state index contributed by atoms with van der Waals surface area (Å²) in [6.07, 6.45) is 1.35. The summed E-state index contributed by atoms with van der Waals surface area (Å²) in [6.45, 7) is -0.128. The van der Waals surface area contributed by atoms with E-state index < -0.39 is 0 Å². The number of hydrogen-bond acceptors (Lipinski definition) is 4. The van der Waals surface area contributed by atoms with Crippen LogP contribution in [0.15, 0.2) is 24.4 Å². The van der Waals surface area contributed by atoms with Crippen LogP contribution in [0.4, 0.5) is 16.3 Å². The first-order chi connectivity index (χ1) is 10.8. The summed E-state index contributed by atoms with van der Waals surface area (Å²) in [5.74, 6) is -0.115. The number of anilines is 2. The molecule has 122 valence electrons. The third kappa shape index (κ3) is 4.83. The molecule has 10 heteroatoms. The molecule has 23 heavy (non-hydrogen) atoms. The van der Waals surface area contributed by atoms with Gasteiger partial charge in [-0.3, -0.25) is 10.1 Å². The minimum atomic E-state index is -0.365. The summed E-state index contributed by atoms with van der Waals surface area (Å²) in [5, 5.41) is 13.8. The van der Waals surface area contributed by atoms with Gasteiger partial charge in [0.1, 0.15) is 6.54 Å². The van der Waals surface area contributed by atoms with Gasteiger partial charge in [0.25, 0.3) is 0 Å². The van der Waals surface area contributed by atoms with Crippen molar-refractivity contribution >= 4 is 46.6 Å². The number of aromatic nitrogens is 3. The lowest BCUT2D eigenvalue weighted by atomic mass is 10.3. The second kappa shape index (κ2) is 7.30. The Bertz CT molecular complexity index is 731. The van der Waals surface area contributed by atoms with E-state index in [-0.39, 0.29) is 24.3 Å². The molecule has 0 unspecified atom stereocenters. The molecule has 0 saturated carbocycles. The zero-order chi connectivity index (χ0) is 17.0. The highest BCUT2D eigenvalue weighted by Crippen LogP contribution is 2.25. The Labute approximate surface area is 142 Å². The van der Waals surface area contributed by atoms with Crippen molar-refractivity contribution in [1.82, 2.24) is 19.9 Å². The van der Waals surface area contributed by atoms with Crippen molar-refractivity contribution in [2.24, 2.45) is 0 Å². The average molecular weight is 357 g/mol. The number of amides is 3. The van der Waals surface area contributed by atoms with Gasteiger partial charge in [-0.25, -0.2) is 4.79 Å². The molecule has 8 nitrogen and oxygen atoms in total. The van der Waals surface area contributed by atoms with Crippen LogP contribution in [-0.4, -0.2) is 45.9 Å². The van der Waals surface area contributed by atoms with Gasteiger partial charge in [-0.05, 0) is 18.2 Å². The van der Waals surface area contributed by atoms with Crippen molar-refractivity contribution in [3.8, 4) is 0 Å². The summed E-state index contributed by atoms with van der Waals surface area (Å²) >= 11 is 11.8. The molecule has 0 fully saturated rings. The predicted molar refractivity (Wildman–Crippen MR) is 87.8 cm³/mol. The first kappa shape index (κ1) is 17.0. The predicted octanol–water partition coefficient (Wildman–Crippen LogP) is 2.32. The van der Waals surface area contributed by atoms with Gasteiger partial charge in [0.05, 0.1) is 16.9 Å². The quantitative estimate of drug-likeness (QED) is 0.878. The Hall–Kier alpha value is -2.32. The number of carbonyl (C=O) groups is 2. The largest absolute Gasteiger partial charge is 0.331 e. The average Bonchev–Trinajstić information content (AvgIpc) is 2.89. The van der Waals surface area contributed by atoms with Crippen molar-refractivity contribution < 1.29 is 9.59 Å². The second-order valence-corrected chi connectivity index (χ2v) is 5.60. The van der Waals surface area contributed by atoms with Crippen LogP contribution in [0.1, 0.15) is 0 Å². The van der Waals surface area contributed by atoms with Crippen molar-refractivity contribution in [2.45, 2.75) is 6.54 Å². The van der Waals surface area contributed by atoms with E-state index in [2.05, 4.69) is 20.8 Å². The van der Waals surface area contributed by atoms with Crippen LogP contribution in [-0.2, 0) is 11.3 Å². The van der Waals surface area contributed by atoms with Crippen molar-refractivity contribution in [3.63, 3.8) is 0 Å². The number of benzene rings is 1. The lowest BCUT2D eigenvalue weighted by Crippen LogP contribution is -2.27. The Morgan fingerprint density at radius 2 is 2.00 bits per heavy atom. The molecule has 0 radical (unpaired) electrons. The Kier molecular flexibility index (Phi) is 5.41. The van der Waals surface area contributed by atoms with Crippen LogP contribution in [0.2, 0.25) is 10.0 Å². The molecule has 0 bridgehead atoms. The third-order valence-corrected chi connectivity index (χ3v) is 3.22. The zero-order valence-corrected chi connectivity index (χ0v) is 13.9. The van der Waals surface area contributed by atoms with Crippen LogP contribution < -0.4 is 10.6 Å². The van der Waals surface area contributed by atoms with Crippen molar-refractivity contribution in [3.05, 3.63) is 34.4 Å². The Balaban J connectivity index is 1.95. The molecule has 0 aliphatic heterocycles. The van der Waals surface area contributed by atoms with E-state index in [0.717, 1.165) is 4.80 Å². The summed E-state index contributed by atoms with van der Waals surface area (Å²) in [4.78, 5) is 26.0. The standard InChI is InChI=1S/C13H14Cl2N6O2/c1-20(2)13(23)18-11-6-16-21(19-11)7-12(22)17-10-4-3-8(14)5-9(10)15/h3-6H,7H2,1-2H3,(H,17,22)(H,18,19,23). The SMILES string of the molecule is CN(C)C(=O)Nc1cnn(CC(=O)Nc2ccc(Cl)cc2Cl)n1. The maximum atomic E-state index is 12.0. The molecule has 1 aromatic heterocycles. The lowest BCUT2D eigenvalue weighted by Gasteiger charge is -2.09. The second-order valence-electron chi connectivity index (χ2n) is 4.76. The minimum absolute atomic E-state index is 0.128. The van der Waals surface area contributed by atoms with Crippen LogP contribution in [0.3, 0.4) is 0 Å². The van der Waals surface area contributed by atoms with Gasteiger partial charge < -0.3 is 10.2 Å². The van der Waals surface area contributed by atoms with Crippen LogP contribution in [0.5, 0.6) is 0 Å². The monoisotopic (exact) mass is 356 g/mol. The van der Waals surface area contributed by atoms with E-state index in [0.29, 0.717) is 15.7 Å². The highest BCUT2D eigenvalue weighted by atomic mass is 35.5. The van der Waals surface area contributed by atoms with E-state index >= 15 is 0 Å². The number of nitrogens with one attached hydrogen (secondary N) is 2. The molecule has 2 rings (SSSR count). The molecule has 2 N–H and O–H groups in total. The van der Waals surface area contributed by atoms with Gasteiger partial charge >= 0.3 is 6.03 Å². The number of halogens is 2. The van der Waals surface area contributed by atoms with Crippen molar-refractivity contribution in [2.75, 3.05) is 24.7 Å². The van der Waals surface area contributed by atoms with Crippen LogP contribution >= 0.6 is 23.2 Å². The molecule has 2 aromatic rings. The highest BCUT2D eigenvalue weighted by Gasteiger charge is 2.11. The topological polar surface area (TPSA) is 92.2 Å². The molecule has 0 aliphatic rings.